The van der Waals surface area contributed by atoms with E-state index in [1.165, 1.54) is 0 Å². The number of carbonyl (C=O) groups excluding carboxylic acids is 2. The third kappa shape index (κ3) is 4.49. The lowest BCUT2D eigenvalue weighted by atomic mass is 10.0. The molecule has 0 bridgehead atoms. The fraction of sp³-hybridized carbons (Fsp3) is 0.263. The van der Waals surface area contributed by atoms with Gasteiger partial charge >= 0.3 is 6.18 Å². The van der Waals surface area contributed by atoms with E-state index in [1.54, 1.807) is 24.3 Å². The Hall–Kier alpha value is -2.91. The Morgan fingerprint density at radius 2 is 1.79 bits per heavy atom. The molecule has 3 rings (SSSR count). The zero-order valence-electron chi connectivity index (χ0n) is 14.5. The van der Waals surface area contributed by atoms with Gasteiger partial charge in [0.2, 0.25) is 5.91 Å². The van der Waals surface area contributed by atoms with Crippen molar-refractivity contribution >= 4 is 17.5 Å². The highest BCUT2D eigenvalue weighted by molar-refractivity contribution is 6.04. The molecule has 0 saturated carbocycles. The minimum Gasteiger partial charge on any atom is -0.394 e. The van der Waals surface area contributed by atoms with E-state index in [0.717, 1.165) is 24.3 Å². The van der Waals surface area contributed by atoms with Crippen LogP contribution in [0.15, 0.2) is 48.5 Å². The average Bonchev–Trinajstić information content (AvgIpc) is 2.68. The number of amides is 2. The van der Waals surface area contributed by atoms with Crippen LogP contribution in [0, 0.1) is 0 Å². The largest absolute Gasteiger partial charge is 0.416 e. The summed E-state index contributed by atoms with van der Waals surface area (Å²) in [5, 5.41) is 14.6. The zero-order chi connectivity index (χ0) is 20.3. The number of hydrogen-bond acceptors (Lipinski definition) is 4. The van der Waals surface area contributed by atoms with Gasteiger partial charge in [-0.1, -0.05) is 12.1 Å². The van der Waals surface area contributed by atoms with Gasteiger partial charge in [0.15, 0.2) is 0 Å². The van der Waals surface area contributed by atoms with Crippen LogP contribution in [-0.2, 0) is 15.7 Å². The fourth-order valence-corrected chi connectivity index (χ4v) is 2.85. The molecule has 1 aliphatic heterocycles. The first-order valence-corrected chi connectivity index (χ1v) is 8.38. The van der Waals surface area contributed by atoms with Crippen molar-refractivity contribution in [1.29, 1.82) is 0 Å². The van der Waals surface area contributed by atoms with Gasteiger partial charge < -0.3 is 20.5 Å². The van der Waals surface area contributed by atoms with Gasteiger partial charge in [0.25, 0.3) is 5.91 Å². The van der Waals surface area contributed by atoms with E-state index >= 15 is 0 Å². The number of halogens is 3. The van der Waals surface area contributed by atoms with Gasteiger partial charge in [-0.05, 0) is 42.0 Å². The Morgan fingerprint density at radius 1 is 1.14 bits per heavy atom. The predicted octanol–water partition coefficient (Wildman–Crippen LogP) is 2.51. The molecule has 0 aromatic heterocycles. The fourth-order valence-electron chi connectivity index (χ4n) is 2.85. The number of aliphatic hydroxyl groups excluding tert-OH is 1. The summed E-state index contributed by atoms with van der Waals surface area (Å²) >= 11 is 0. The predicted molar refractivity (Wildman–Crippen MR) is 93.5 cm³/mol. The third-order valence-electron chi connectivity index (χ3n) is 4.27. The number of rotatable bonds is 4. The van der Waals surface area contributed by atoms with E-state index in [4.69, 9.17) is 4.74 Å². The van der Waals surface area contributed by atoms with Crippen LogP contribution in [0.25, 0.3) is 0 Å². The molecule has 0 radical (unpaired) electrons. The van der Waals surface area contributed by atoms with Crippen LogP contribution in [0.2, 0.25) is 0 Å². The highest BCUT2D eigenvalue weighted by Crippen LogP contribution is 2.29. The van der Waals surface area contributed by atoms with Crippen LogP contribution in [0.1, 0.15) is 27.6 Å². The van der Waals surface area contributed by atoms with E-state index in [0.29, 0.717) is 11.3 Å². The van der Waals surface area contributed by atoms with E-state index in [9.17, 15) is 27.9 Å². The molecule has 2 aromatic carbocycles. The number of aliphatic hydroxyl groups is 1. The summed E-state index contributed by atoms with van der Waals surface area (Å²) in [5.74, 6) is -0.855. The Kier molecular flexibility index (Phi) is 5.66. The van der Waals surface area contributed by atoms with Crippen LogP contribution in [0.3, 0.4) is 0 Å². The van der Waals surface area contributed by atoms with Gasteiger partial charge in [0, 0.05) is 11.3 Å². The first-order chi connectivity index (χ1) is 13.3. The first kappa shape index (κ1) is 19.8. The normalized spacial score (nSPS) is 19.8. The lowest BCUT2D eigenvalue weighted by Crippen LogP contribution is -2.49. The lowest BCUT2D eigenvalue weighted by Gasteiger charge is -2.31. The number of carbonyl (C=O) groups is 2. The van der Waals surface area contributed by atoms with Gasteiger partial charge in [-0.15, -0.1) is 0 Å². The van der Waals surface area contributed by atoms with Crippen molar-refractivity contribution in [2.24, 2.45) is 0 Å². The maximum absolute atomic E-state index is 12.6. The first-order valence-electron chi connectivity index (χ1n) is 8.38. The second-order valence-electron chi connectivity index (χ2n) is 6.24. The van der Waals surface area contributed by atoms with Crippen LogP contribution < -0.4 is 10.6 Å². The molecular formula is C19H17F3N2O4. The molecule has 1 saturated heterocycles. The van der Waals surface area contributed by atoms with Crippen molar-refractivity contribution in [2.45, 2.75) is 18.3 Å². The summed E-state index contributed by atoms with van der Waals surface area (Å²) in [7, 11) is 0. The summed E-state index contributed by atoms with van der Waals surface area (Å²) in [6.07, 6.45) is -4.99. The summed E-state index contributed by atoms with van der Waals surface area (Å²) < 4.78 is 43.2. The standard InChI is InChI=1S/C19H17F3N2O4/c20-19(21,22)13-5-1-12(2-6-13)18(27)23-14-7-3-11(4-8-14)17-15(9-25)24-16(26)10-28-17/h1-8,15,17,25H,9-10H2,(H,23,27)(H,24,26)/t15-,17-/m1/s1. The molecule has 0 unspecified atom stereocenters. The Morgan fingerprint density at radius 3 is 2.36 bits per heavy atom. The van der Waals surface area contributed by atoms with Gasteiger partial charge in [0.05, 0.1) is 18.2 Å². The molecule has 3 N–H and O–H groups in total. The number of nitrogens with one attached hydrogen (secondary N) is 2. The SMILES string of the molecule is O=C1CO[C@H](c2ccc(NC(=O)c3ccc(C(F)(F)F)cc3)cc2)[C@@H](CO)N1. The Labute approximate surface area is 158 Å². The number of ether oxygens (including phenoxy) is 1. The minimum absolute atomic E-state index is 0.0933. The molecule has 0 spiro atoms. The minimum atomic E-state index is -4.46. The van der Waals surface area contributed by atoms with Gasteiger partial charge in [-0.3, -0.25) is 9.59 Å². The maximum atomic E-state index is 12.6. The monoisotopic (exact) mass is 394 g/mol. The smallest absolute Gasteiger partial charge is 0.394 e. The van der Waals surface area contributed by atoms with Crippen molar-refractivity contribution in [3.8, 4) is 0 Å². The van der Waals surface area contributed by atoms with Crippen molar-refractivity contribution in [3.63, 3.8) is 0 Å². The summed E-state index contributed by atoms with van der Waals surface area (Å²) in [6.45, 7) is -0.406. The highest BCUT2D eigenvalue weighted by atomic mass is 19.4. The average molecular weight is 394 g/mol. The molecular weight excluding hydrogens is 377 g/mol. The molecule has 1 aliphatic rings. The zero-order valence-corrected chi connectivity index (χ0v) is 14.5. The van der Waals surface area contributed by atoms with Gasteiger partial charge in [-0.2, -0.15) is 13.2 Å². The lowest BCUT2D eigenvalue weighted by molar-refractivity contribution is -0.139. The second-order valence-corrected chi connectivity index (χ2v) is 6.24. The van der Waals surface area contributed by atoms with Crippen LogP contribution in [-0.4, -0.2) is 36.2 Å². The molecule has 6 nitrogen and oxygen atoms in total. The van der Waals surface area contributed by atoms with Gasteiger partial charge in [0.1, 0.15) is 12.7 Å². The maximum Gasteiger partial charge on any atom is 0.416 e. The van der Waals surface area contributed by atoms with Crippen LogP contribution in [0.4, 0.5) is 18.9 Å². The molecule has 2 aromatic rings. The molecule has 1 fully saturated rings. The van der Waals surface area contributed by atoms with Crippen molar-refractivity contribution in [1.82, 2.24) is 5.32 Å². The quantitative estimate of drug-likeness (QED) is 0.744. The number of benzene rings is 2. The van der Waals surface area contributed by atoms with E-state index in [1.807, 2.05) is 0 Å². The molecule has 1 heterocycles. The van der Waals surface area contributed by atoms with Gasteiger partial charge in [-0.25, -0.2) is 0 Å². The number of hydrogen-bond donors (Lipinski definition) is 3. The molecule has 2 amide bonds. The second kappa shape index (κ2) is 7.99. The summed E-state index contributed by atoms with van der Waals surface area (Å²) in [5.41, 5.74) is 0.405. The molecule has 9 heteroatoms. The third-order valence-corrected chi connectivity index (χ3v) is 4.27. The molecule has 148 valence electrons. The Balaban J connectivity index is 1.67. The highest BCUT2D eigenvalue weighted by Gasteiger charge is 2.31. The Bertz CT molecular complexity index is 851. The van der Waals surface area contributed by atoms with E-state index in [2.05, 4.69) is 10.6 Å². The number of morpholine rings is 1. The van der Waals surface area contributed by atoms with Crippen molar-refractivity contribution in [2.75, 3.05) is 18.5 Å². The van der Waals surface area contributed by atoms with Crippen LogP contribution >= 0.6 is 0 Å². The van der Waals surface area contributed by atoms with E-state index in [-0.39, 0.29) is 24.7 Å². The van der Waals surface area contributed by atoms with Crippen molar-refractivity contribution in [3.05, 3.63) is 65.2 Å². The van der Waals surface area contributed by atoms with E-state index < -0.39 is 29.8 Å². The molecule has 0 aliphatic carbocycles. The van der Waals surface area contributed by atoms with Crippen molar-refractivity contribution < 1.29 is 32.6 Å². The number of anilines is 1. The molecule has 28 heavy (non-hydrogen) atoms. The van der Waals surface area contributed by atoms with Crippen LogP contribution in [0.5, 0.6) is 0 Å². The molecule has 2 atom stereocenters. The summed E-state index contributed by atoms with van der Waals surface area (Å²) in [6, 6.07) is 9.89. The topological polar surface area (TPSA) is 87.7 Å². The number of alkyl halides is 3. The summed E-state index contributed by atoms with van der Waals surface area (Å²) in [4.78, 5) is 23.5.